The summed E-state index contributed by atoms with van der Waals surface area (Å²) in [4.78, 5) is 5.92. The van der Waals surface area contributed by atoms with Crippen molar-refractivity contribution in [1.82, 2.24) is 0 Å². The lowest BCUT2D eigenvalue weighted by Crippen LogP contribution is -2.00. The van der Waals surface area contributed by atoms with Crippen molar-refractivity contribution in [2.45, 2.75) is 12.8 Å². The van der Waals surface area contributed by atoms with Crippen LogP contribution in [-0.4, -0.2) is 18.0 Å². The highest BCUT2D eigenvalue weighted by molar-refractivity contribution is 8.04. The molecule has 0 amide bonds. The topological polar surface area (TPSA) is 12.4 Å². The number of nitrogens with zero attached hydrogens (tertiary/aromatic N) is 1. The number of aliphatic imine (C=N–C) groups is 1. The molecule has 0 unspecified atom stereocenters. The van der Waals surface area contributed by atoms with E-state index in [4.69, 9.17) is 0 Å². The minimum atomic E-state index is 1.02. The first kappa shape index (κ1) is 7.17. The lowest BCUT2D eigenvalue weighted by Gasteiger charge is -2.07. The molecule has 11 heavy (non-hydrogen) atoms. The van der Waals surface area contributed by atoms with Crippen molar-refractivity contribution in [3.63, 3.8) is 0 Å². The van der Waals surface area contributed by atoms with Crippen LogP contribution in [0.25, 0.3) is 0 Å². The van der Waals surface area contributed by atoms with Crippen LogP contribution in [0.2, 0.25) is 0 Å². The lowest BCUT2D eigenvalue weighted by atomic mass is 10.1. The van der Waals surface area contributed by atoms with E-state index in [9.17, 15) is 0 Å². The molecule has 58 valence electrons. The predicted octanol–water partition coefficient (Wildman–Crippen LogP) is 2.41. The van der Waals surface area contributed by atoms with Crippen molar-refractivity contribution in [3.05, 3.63) is 23.1 Å². The lowest BCUT2D eigenvalue weighted by molar-refractivity contribution is 0.947. The first-order chi connectivity index (χ1) is 5.47. The van der Waals surface area contributed by atoms with E-state index in [2.05, 4.69) is 23.2 Å². The molecule has 0 aromatic carbocycles. The third kappa shape index (κ3) is 1.56. The molecule has 0 radical (unpaired) electrons. The highest BCUT2D eigenvalue weighted by Gasteiger charge is 2.10. The van der Waals surface area contributed by atoms with Crippen LogP contribution in [0, 0.1) is 0 Å². The van der Waals surface area contributed by atoms with E-state index in [0.29, 0.717) is 0 Å². The first-order valence-electron chi connectivity index (χ1n) is 4.00. The zero-order valence-electron chi connectivity index (χ0n) is 6.42. The number of fused-ring (bicyclic) bond motifs is 1. The van der Waals surface area contributed by atoms with Crippen molar-refractivity contribution in [1.29, 1.82) is 0 Å². The molecule has 2 heteroatoms. The largest absolute Gasteiger partial charge is 0.288 e. The van der Waals surface area contributed by atoms with Gasteiger partial charge in [-0.3, -0.25) is 4.99 Å². The molecule has 2 rings (SSSR count). The fraction of sp³-hybridized carbons (Fsp3) is 0.444. The van der Waals surface area contributed by atoms with Crippen LogP contribution in [0.5, 0.6) is 0 Å². The highest BCUT2D eigenvalue weighted by Crippen LogP contribution is 2.25. The molecule has 1 aliphatic heterocycles. The first-order valence-corrected chi connectivity index (χ1v) is 4.99. The minimum absolute atomic E-state index is 1.02. The van der Waals surface area contributed by atoms with Gasteiger partial charge in [0.15, 0.2) is 0 Å². The van der Waals surface area contributed by atoms with Crippen molar-refractivity contribution in [2.75, 3.05) is 12.3 Å². The summed E-state index contributed by atoms with van der Waals surface area (Å²) in [6.45, 7) is 1.02. The summed E-state index contributed by atoms with van der Waals surface area (Å²) >= 11 is 1.95. The van der Waals surface area contributed by atoms with Gasteiger partial charge in [0, 0.05) is 17.9 Å². The van der Waals surface area contributed by atoms with E-state index in [1.165, 1.54) is 22.8 Å². The number of rotatable bonds is 0. The van der Waals surface area contributed by atoms with Crippen LogP contribution in [0.15, 0.2) is 28.1 Å². The van der Waals surface area contributed by atoms with Crippen molar-refractivity contribution >= 4 is 17.5 Å². The van der Waals surface area contributed by atoms with Gasteiger partial charge >= 0.3 is 0 Å². The normalized spacial score (nSPS) is 23.3. The van der Waals surface area contributed by atoms with Crippen LogP contribution in [0.4, 0.5) is 0 Å². The third-order valence-electron chi connectivity index (χ3n) is 1.84. The van der Waals surface area contributed by atoms with Crippen LogP contribution in [0.1, 0.15) is 12.8 Å². The van der Waals surface area contributed by atoms with Gasteiger partial charge in [-0.05, 0) is 18.2 Å². The number of allylic oxidation sites excluding steroid dienone is 4. The van der Waals surface area contributed by atoms with Gasteiger partial charge in [0.1, 0.15) is 0 Å². The molecule has 0 aromatic heterocycles. The summed E-state index contributed by atoms with van der Waals surface area (Å²) in [5.74, 6) is 1.23. The molecule has 1 heterocycles. The molecular formula is C9H11NS. The fourth-order valence-electron chi connectivity index (χ4n) is 1.27. The van der Waals surface area contributed by atoms with Crippen LogP contribution in [-0.2, 0) is 0 Å². The van der Waals surface area contributed by atoms with Gasteiger partial charge in [0.05, 0.1) is 5.71 Å². The summed E-state index contributed by atoms with van der Waals surface area (Å²) in [5, 5.41) is 0. The van der Waals surface area contributed by atoms with E-state index in [0.717, 1.165) is 13.0 Å². The summed E-state index contributed by atoms with van der Waals surface area (Å²) < 4.78 is 0. The molecule has 0 spiro atoms. The number of hydrogen-bond acceptors (Lipinski definition) is 2. The van der Waals surface area contributed by atoms with Gasteiger partial charge in [-0.25, -0.2) is 0 Å². The van der Waals surface area contributed by atoms with Gasteiger partial charge in [-0.15, -0.1) is 11.8 Å². The standard InChI is InChI=1S/C9H11NS/c1-2-5-9-8(4-1)10-6-3-7-11-9/h1-2,5H,3-4,6-7H2. The van der Waals surface area contributed by atoms with E-state index < -0.39 is 0 Å². The molecule has 0 atom stereocenters. The second-order valence-electron chi connectivity index (χ2n) is 2.69. The van der Waals surface area contributed by atoms with Gasteiger partial charge in [-0.1, -0.05) is 12.2 Å². The molecule has 1 aliphatic carbocycles. The average molecular weight is 165 g/mol. The number of hydrogen-bond donors (Lipinski definition) is 0. The molecule has 0 fully saturated rings. The van der Waals surface area contributed by atoms with Crippen molar-refractivity contribution in [2.24, 2.45) is 4.99 Å². The Kier molecular flexibility index (Phi) is 2.13. The van der Waals surface area contributed by atoms with Crippen LogP contribution >= 0.6 is 11.8 Å². The maximum atomic E-state index is 4.52. The summed E-state index contributed by atoms with van der Waals surface area (Å²) in [6, 6.07) is 0. The number of thioether (sulfide) groups is 1. The molecule has 0 N–H and O–H groups in total. The Bertz CT molecular complexity index is 238. The van der Waals surface area contributed by atoms with E-state index >= 15 is 0 Å². The Balaban J connectivity index is 2.25. The van der Waals surface area contributed by atoms with E-state index in [1.807, 2.05) is 11.8 Å². The molecule has 0 bridgehead atoms. The van der Waals surface area contributed by atoms with E-state index in [-0.39, 0.29) is 0 Å². The Morgan fingerprint density at radius 1 is 1.45 bits per heavy atom. The van der Waals surface area contributed by atoms with Crippen LogP contribution in [0.3, 0.4) is 0 Å². The Morgan fingerprint density at radius 2 is 2.45 bits per heavy atom. The third-order valence-corrected chi connectivity index (χ3v) is 3.02. The van der Waals surface area contributed by atoms with Gasteiger partial charge < -0.3 is 0 Å². The maximum absolute atomic E-state index is 4.52. The monoisotopic (exact) mass is 165 g/mol. The molecule has 0 aromatic rings. The zero-order chi connectivity index (χ0) is 7.52. The molecular weight excluding hydrogens is 154 g/mol. The quantitative estimate of drug-likeness (QED) is 0.537. The van der Waals surface area contributed by atoms with Gasteiger partial charge in [0.25, 0.3) is 0 Å². The molecule has 0 saturated carbocycles. The SMILES string of the molecule is C1=CCC2=NCCCSC2=C1. The maximum Gasteiger partial charge on any atom is 0.0521 e. The van der Waals surface area contributed by atoms with Crippen molar-refractivity contribution in [3.8, 4) is 0 Å². The van der Waals surface area contributed by atoms with Gasteiger partial charge in [-0.2, -0.15) is 0 Å². The molecule has 2 aliphatic rings. The summed E-state index contributed by atoms with van der Waals surface area (Å²) in [5.41, 5.74) is 1.30. The average Bonchev–Trinajstić information content (AvgIpc) is 2.28. The fourth-order valence-corrected chi connectivity index (χ4v) is 2.25. The minimum Gasteiger partial charge on any atom is -0.288 e. The van der Waals surface area contributed by atoms with Crippen molar-refractivity contribution < 1.29 is 0 Å². The predicted molar refractivity (Wildman–Crippen MR) is 51.2 cm³/mol. The second kappa shape index (κ2) is 3.26. The van der Waals surface area contributed by atoms with Crippen LogP contribution < -0.4 is 0 Å². The van der Waals surface area contributed by atoms with E-state index in [1.54, 1.807) is 0 Å². The summed E-state index contributed by atoms with van der Waals surface area (Å²) in [6.07, 6.45) is 8.75. The zero-order valence-corrected chi connectivity index (χ0v) is 7.23. The summed E-state index contributed by atoms with van der Waals surface area (Å²) in [7, 11) is 0. The Morgan fingerprint density at radius 3 is 3.45 bits per heavy atom. The Hall–Kier alpha value is -0.500. The smallest absolute Gasteiger partial charge is 0.0521 e. The molecule has 0 saturated heterocycles. The molecule has 1 nitrogen and oxygen atoms in total. The second-order valence-corrected chi connectivity index (χ2v) is 3.83. The Labute approximate surface area is 71.3 Å². The highest BCUT2D eigenvalue weighted by atomic mass is 32.2. The van der Waals surface area contributed by atoms with Gasteiger partial charge in [0.2, 0.25) is 0 Å².